The molecule has 0 aliphatic carbocycles. The van der Waals surface area contributed by atoms with Crippen molar-refractivity contribution in [1.29, 1.82) is 5.26 Å². The van der Waals surface area contributed by atoms with Crippen LogP contribution in [0.25, 0.3) is 11.6 Å². The van der Waals surface area contributed by atoms with E-state index in [0.29, 0.717) is 17.1 Å². The van der Waals surface area contributed by atoms with E-state index in [9.17, 15) is 10.1 Å². The van der Waals surface area contributed by atoms with Gasteiger partial charge in [0.25, 0.3) is 0 Å². The minimum atomic E-state index is -0.366. The fourth-order valence-electron chi connectivity index (χ4n) is 2.74. The maximum atomic E-state index is 12.2. The van der Waals surface area contributed by atoms with Crippen LogP contribution in [0.15, 0.2) is 78.9 Å². The Morgan fingerprint density at radius 3 is 2.29 bits per heavy atom. The summed E-state index contributed by atoms with van der Waals surface area (Å²) in [4.78, 5) is 12.2. The number of ether oxygens (including phenoxy) is 2. The predicted molar refractivity (Wildman–Crippen MR) is 109 cm³/mol. The summed E-state index contributed by atoms with van der Waals surface area (Å²) < 4.78 is 10.8. The summed E-state index contributed by atoms with van der Waals surface area (Å²) in [6.07, 6.45) is 1.95. The molecule has 4 heteroatoms. The maximum Gasteiger partial charge on any atom is 0.315 e. The lowest BCUT2D eigenvalue weighted by Crippen LogP contribution is -2.11. The van der Waals surface area contributed by atoms with Crippen LogP contribution in [0.4, 0.5) is 0 Å². The van der Waals surface area contributed by atoms with Crippen LogP contribution < -0.4 is 9.47 Å². The molecule has 3 rings (SSSR count). The molecule has 0 heterocycles. The molecule has 0 spiro atoms. The molecule has 138 valence electrons. The van der Waals surface area contributed by atoms with E-state index in [-0.39, 0.29) is 12.4 Å². The zero-order chi connectivity index (χ0) is 19.8. The second-order valence-electron chi connectivity index (χ2n) is 6.08. The second-order valence-corrected chi connectivity index (χ2v) is 6.08. The molecule has 0 atom stereocenters. The first-order valence-corrected chi connectivity index (χ1v) is 8.79. The van der Waals surface area contributed by atoms with Gasteiger partial charge in [-0.1, -0.05) is 66.7 Å². The fourth-order valence-corrected chi connectivity index (χ4v) is 2.74. The van der Waals surface area contributed by atoms with E-state index in [0.717, 1.165) is 16.7 Å². The van der Waals surface area contributed by atoms with Crippen molar-refractivity contribution in [2.45, 2.75) is 6.42 Å². The SMILES string of the molecule is COc1cc(/C=C(/C#N)c2ccccc2)ccc1OC(=O)Cc1ccccc1. The molecule has 0 aliphatic rings. The Kier molecular flexibility index (Phi) is 6.22. The van der Waals surface area contributed by atoms with E-state index in [1.807, 2.05) is 60.7 Å². The molecular formula is C24H19NO3. The molecule has 0 radical (unpaired) electrons. The highest BCUT2D eigenvalue weighted by atomic mass is 16.6. The summed E-state index contributed by atoms with van der Waals surface area (Å²) >= 11 is 0. The number of rotatable bonds is 6. The first-order chi connectivity index (χ1) is 13.7. The van der Waals surface area contributed by atoms with E-state index in [2.05, 4.69) is 6.07 Å². The lowest BCUT2D eigenvalue weighted by atomic mass is 10.0. The zero-order valence-corrected chi connectivity index (χ0v) is 15.5. The Morgan fingerprint density at radius 2 is 1.64 bits per heavy atom. The van der Waals surface area contributed by atoms with Crippen LogP contribution >= 0.6 is 0 Å². The molecule has 0 amide bonds. The summed E-state index contributed by atoms with van der Waals surface area (Å²) in [6.45, 7) is 0. The minimum absolute atomic E-state index is 0.179. The molecule has 28 heavy (non-hydrogen) atoms. The fraction of sp³-hybridized carbons (Fsp3) is 0.0833. The van der Waals surface area contributed by atoms with Gasteiger partial charge in [0.05, 0.1) is 25.2 Å². The first-order valence-electron chi connectivity index (χ1n) is 8.79. The number of carbonyl (C=O) groups is 1. The number of methoxy groups -OCH3 is 1. The third kappa shape index (κ3) is 4.87. The summed E-state index contributed by atoms with van der Waals surface area (Å²) in [7, 11) is 1.51. The Balaban J connectivity index is 1.79. The third-order valence-electron chi connectivity index (χ3n) is 4.12. The Morgan fingerprint density at radius 1 is 0.964 bits per heavy atom. The summed E-state index contributed by atoms with van der Waals surface area (Å²) in [5.74, 6) is 0.411. The monoisotopic (exact) mass is 369 g/mol. The van der Waals surface area contributed by atoms with Gasteiger partial charge in [0.1, 0.15) is 0 Å². The van der Waals surface area contributed by atoms with Gasteiger partial charge >= 0.3 is 5.97 Å². The highest BCUT2D eigenvalue weighted by Gasteiger charge is 2.12. The van der Waals surface area contributed by atoms with Crippen LogP contribution in [0.2, 0.25) is 0 Å². The van der Waals surface area contributed by atoms with Gasteiger partial charge < -0.3 is 9.47 Å². The van der Waals surface area contributed by atoms with Gasteiger partial charge in [-0.15, -0.1) is 0 Å². The minimum Gasteiger partial charge on any atom is -0.493 e. The largest absolute Gasteiger partial charge is 0.493 e. The van der Waals surface area contributed by atoms with Crippen molar-refractivity contribution in [3.05, 3.63) is 95.6 Å². The van der Waals surface area contributed by atoms with Crippen LogP contribution in [0.1, 0.15) is 16.7 Å². The number of benzene rings is 3. The number of nitriles is 1. The molecule has 0 fully saturated rings. The van der Waals surface area contributed by atoms with Crippen molar-refractivity contribution in [1.82, 2.24) is 0 Å². The smallest absolute Gasteiger partial charge is 0.315 e. The van der Waals surface area contributed by atoms with Crippen LogP contribution in [0.5, 0.6) is 11.5 Å². The topological polar surface area (TPSA) is 59.3 Å². The van der Waals surface area contributed by atoms with Crippen LogP contribution in [-0.4, -0.2) is 13.1 Å². The quantitative estimate of drug-likeness (QED) is 0.268. The van der Waals surface area contributed by atoms with E-state index in [1.165, 1.54) is 7.11 Å². The van der Waals surface area contributed by atoms with Crippen LogP contribution in [0, 0.1) is 11.3 Å². The number of hydrogen-bond donors (Lipinski definition) is 0. The predicted octanol–water partition coefficient (Wildman–Crippen LogP) is 4.91. The molecule has 3 aromatic rings. The maximum absolute atomic E-state index is 12.2. The lowest BCUT2D eigenvalue weighted by Gasteiger charge is -2.10. The number of nitrogens with zero attached hydrogens (tertiary/aromatic N) is 1. The van der Waals surface area contributed by atoms with Gasteiger partial charge in [0.2, 0.25) is 0 Å². The van der Waals surface area contributed by atoms with Gasteiger partial charge in [-0.2, -0.15) is 5.26 Å². The van der Waals surface area contributed by atoms with Crippen molar-refractivity contribution in [2.75, 3.05) is 7.11 Å². The molecule has 0 aliphatic heterocycles. The average molecular weight is 369 g/mol. The molecule has 0 saturated carbocycles. The molecule has 0 unspecified atom stereocenters. The number of allylic oxidation sites excluding steroid dienone is 1. The highest BCUT2D eigenvalue weighted by Crippen LogP contribution is 2.30. The van der Waals surface area contributed by atoms with Crippen molar-refractivity contribution in [2.24, 2.45) is 0 Å². The summed E-state index contributed by atoms with van der Waals surface area (Å²) in [5.41, 5.74) is 3.03. The van der Waals surface area contributed by atoms with E-state index in [4.69, 9.17) is 9.47 Å². The first kappa shape index (κ1) is 18.9. The highest BCUT2D eigenvalue weighted by molar-refractivity contribution is 5.90. The second kappa shape index (κ2) is 9.20. The van der Waals surface area contributed by atoms with Crippen LogP contribution in [-0.2, 0) is 11.2 Å². The van der Waals surface area contributed by atoms with Crippen molar-refractivity contribution in [3.8, 4) is 17.6 Å². The normalized spacial score (nSPS) is 10.8. The standard InChI is InChI=1S/C24H19NO3/c1-27-23-15-19(14-21(17-25)20-10-6-3-7-11-20)12-13-22(23)28-24(26)16-18-8-4-2-5-9-18/h2-15H,16H2,1H3/b21-14-. The Bertz CT molecular complexity index is 1020. The Hall–Kier alpha value is -3.84. The van der Waals surface area contributed by atoms with Gasteiger partial charge in [0.15, 0.2) is 11.5 Å². The third-order valence-corrected chi connectivity index (χ3v) is 4.12. The molecule has 4 nitrogen and oxygen atoms in total. The van der Waals surface area contributed by atoms with Gasteiger partial charge in [-0.25, -0.2) is 0 Å². The summed E-state index contributed by atoms with van der Waals surface area (Å²) in [5, 5.41) is 9.46. The average Bonchev–Trinajstić information content (AvgIpc) is 2.74. The van der Waals surface area contributed by atoms with E-state index >= 15 is 0 Å². The van der Waals surface area contributed by atoms with Gasteiger partial charge in [0, 0.05) is 0 Å². The summed E-state index contributed by atoms with van der Waals surface area (Å²) in [6, 6.07) is 26.3. The van der Waals surface area contributed by atoms with Crippen LogP contribution in [0.3, 0.4) is 0 Å². The molecule has 0 bridgehead atoms. The number of esters is 1. The van der Waals surface area contributed by atoms with Gasteiger partial charge in [-0.05, 0) is 34.9 Å². The Labute approximate surface area is 164 Å². The van der Waals surface area contributed by atoms with Gasteiger partial charge in [-0.3, -0.25) is 4.79 Å². The molecule has 0 saturated heterocycles. The van der Waals surface area contributed by atoms with Crippen molar-refractivity contribution >= 4 is 17.6 Å². The van der Waals surface area contributed by atoms with E-state index < -0.39 is 0 Å². The zero-order valence-electron chi connectivity index (χ0n) is 15.5. The van der Waals surface area contributed by atoms with E-state index in [1.54, 1.807) is 24.3 Å². The lowest BCUT2D eigenvalue weighted by molar-refractivity contribution is -0.133. The molecular weight excluding hydrogens is 350 g/mol. The van der Waals surface area contributed by atoms with Crippen molar-refractivity contribution < 1.29 is 14.3 Å². The number of hydrogen-bond acceptors (Lipinski definition) is 4. The molecule has 0 aromatic heterocycles. The molecule has 0 N–H and O–H groups in total. The number of carbonyl (C=O) groups excluding carboxylic acids is 1. The van der Waals surface area contributed by atoms with Crippen molar-refractivity contribution in [3.63, 3.8) is 0 Å². The molecule has 3 aromatic carbocycles.